The van der Waals surface area contributed by atoms with Gasteiger partial charge in [-0.25, -0.2) is 13.9 Å². The van der Waals surface area contributed by atoms with Crippen molar-refractivity contribution in [1.29, 1.82) is 0 Å². The molecule has 0 radical (unpaired) electrons. The number of aryl methyl sites for hydroxylation is 2. The average Bonchev–Trinajstić information content (AvgIpc) is 2.79. The topological polar surface area (TPSA) is 78.2 Å². The van der Waals surface area contributed by atoms with Gasteiger partial charge in [0.05, 0.1) is 0 Å². The molecule has 0 fully saturated rings. The molecule has 3 rings (SSSR count). The molecule has 1 atom stereocenters. The van der Waals surface area contributed by atoms with Crippen molar-refractivity contribution < 1.29 is 13.9 Å². The Balaban J connectivity index is 1.51. The van der Waals surface area contributed by atoms with Crippen molar-refractivity contribution in [2.75, 3.05) is 6.61 Å². The molecule has 2 heterocycles. The van der Waals surface area contributed by atoms with Crippen LogP contribution in [0.4, 0.5) is 4.39 Å². The smallest absolute Gasteiger partial charge is 0.345 e. The molecule has 1 amide bonds. The molecule has 0 aliphatic carbocycles. The van der Waals surface area contributed by atoms with Crippen LogP contribution in [0, 0.1) is 5.82 Å². The molecular formula is C18H23FN4O3. The Hall–Kier alpha value is -2.64. The number of halogens is 1. The van der Waals surface area contributed by atoms with E-state index in [0.29, 0.717) is 31.7 Å². The van der Waals surface area contributed by atoms with Crippen molar-refractivity contribution >= 4 is 5.91 Å². The van der Waals surface area contributed by atoms with Crippen molar-refractivity contribution in [2.24, 2.45) is 0 Å². The van der Waals surface area contributed by atoms with E-state index in [2.05, 4.69) is 10.4 Å². The normalized spacial score (nSPS) is 16.6. The van der Waals surface area contributed by atoms with E-state index in [9.17, 15) is 14.0 Å². The van der Waals surface area contributed by atoms with Crippen LogP contribution in [-0.4, -0.2) is 32.9 Å². The lowest BCUT2D eigenvalue weighted by Crippen LogP contribution is -2.38. The van der Waals surface area contributed by atoms with Crippen LogP contribution in [0.1, 0.15) is 32.0 Å². The number of aromatic nitrogens is 3. The van der Waals surface area contributed by atoms with Gasteiger partial charge in [0.2, 0.25) is 0 Å². The second-order valence-electron chi connectivity index (χ2n) is 6.41. The zero-order chi connectivity index (χ0) is 18.5. The molecule has 1 unspecified atom stereocenters. The maximum Gasteiger partial charge on any atom is 0.345 e. The number of fused-ring (bicyclic) bond motifs is 1. The third-order valence-corrected chi connectivity index (χ3v) is 4.40. The summed E-state index contributed by atoms with van der Waals surface area (Å²) in [5.41, 5.74) is -0.0755. The van der Waals surface area contributed by atoms with Gasteiger partial charge in [-0.3, -0.25) is 9.36 Å². The zero-order valence-corrected chi connectivity index (χ0v) is 14.8. The number of carbonyl (C=O) groups excluding carboxylic acids is 1. The minimum Gasteiger partial charge on any atom is -0.484 e. The molecule has 1 aliphatic rings. The van der Waals surface area contributed by atoms with Crippen LogP contribution in [0.2, 0.25) is 0 Å². The first-order valence-corrected chi connectivity index (χ1v) is 8.91. The molecule has 0 spiro atoms. The van der Waals surface area contributed by atoms with Crippen molar-refractivity contribution in [2.45, 2.75) is 51.7 Å². The molecule has 0 saturated carbocycles. The van der Waals surface area contributed by atoms with Gasteiger partial charge < -0.3 is 10.1 Å². The van der Waals surface area contributed by atoms with Gasteiger partial charge in [0, 0.05) is 25.6 Å². The number of ether oxygens (including phenoxy) is 1. The van der Waals surface area contributed by atoms with Gasteiger partial charge in [-0.1, -0.05) is 6.92 Å². The van der Waals surface area contributed by atoms with E-state index in [-0.39, 0.29) is 30.1 Å². The number of amides is 1. The maximum atomic E-state index is 12.8. The fourth-order valence-electron chi connectivity index (χ4n) is 3.08. The highest BCUT2D eigenvalue weighted by atomic mass is 19.1. The molecule has 7 nitrogen and oxygen atoms in total. The van der Waals surface area contributed by atoms with Crippen molar-refractivity contribution in [3.05, 3.63) is 46.4 Å². The molecule has 140 valence electrons. The van der Waals surface area contributed by atoms with Crippen LogP contribution in [-0.2, 0) is 24.3 Å². The van der Waals surface area contributed by atoms with Crippen LogP contribution in [0.25, 0.3) is 0 Å². The molecule has 1 aromatic carbocycles. The van der Waals surface area contributed by atoms with Gasteiger partial charge in [-0.05, 0) is 43.5 Å². The Kier molecular flexibility index (Phi) is 5.70. The van der Waals surface area contributed by atoms with E-state index in [1.807, 2.05) is 6.92 Å². The second-order valence-corrected chi connectivity index (χ2v) is 6.41. The third kappa shape index (κ3) is 4.30. The van der Waals surface area contributed by atoms with Crippen molar-refractivity contribution in [3.8, 4) is 5.75 Å². The summed E-state index contributed by atoms with van der Waals surface area (Å²) in [6.45, 7) is 3.05. The van der Waals surface area contributed by atoms with E-state index in [1.54, 1.807) is 4.57 Å². The van der Waals surface area contributed by atoms with E-state index < -0.39 is 0 Å². The van der Waals surface area contributed by atoms with E-state index in [4.69, 9.17) is 4.74 Å². The lowest BCUT2D eigenvalue weighted by molar-refractivity contribution is -0.123. The van der Waals surface area contributed by atoms with Crippen LogP contribution in [0.5, 0.6) is 5.75 Å². The summed E-state index contributed by atoms with van der Waals surface area (Å²) in [4.78, 5) is 24.4. The highest BCUT2D eigenvalue weighted by molar-refractivity contribution is 5.77. The third-order valence-electron chi connectivity index (χ3n) is 4.40. The van der Waals surface area contributed by atoms with Crippen LogP contribution in [0.15, 0.2) is 29.1 Å². The predicted octanol–water partition coefficient (Wildman–Crippen LogP) is 1.49. The van der Waals surface area contributed by atoms with E-state index >= 15 is 0 Å². The summed E-state index contributed by atoms with van der Waals surface area (Å²) >= 11 is 0. The Bertz CT molecular complexity index is 813. The fraction of sp³-hybridized carbons (Fsp3) is 0.500. The number of hydrogen-bond donors (Lipinski definition) is 1. The van der Waals surface area contributed by atoms with Gasteiger partial charge in [0.15, 0.2) is 6.61 Å². The van der Waals surface area contributed by atoms with Crippen LogP contribution >= 0.6 is 0 Å². The molecule has 8 heteroatoms. The van der Waals surface area contributed by atoms with Crippen molar-refractivity contribution in [3.63, 3.8) is 0 Å². The molecule has 0 bridgehead atoms. The maximum absolute atomic E-state index is 12.8. The summed E-state index contributed by atoms with van der Waals surface area (Å²) in [5.74, 6) is 0.639. The number of carbonyl (C=O) groups is 1. The van der Waals surface area contributed by atoms with E-state index in [1.165, 1.54) is 28.9 Å². The number of nitrogens with one attached hydrogen (secondary N) is 1. The number of hydrogen-bond acceptors (Lipinski definition) is 4. The Morgan fingerprint density at radius 3 is 2.85 bits per heavy atom. The predicted molar refractivity (Wildman–Crippen MR) is 93.5 cm³/mol. The summed E-state index contributed by atoms with van der Waals surface area (Å²) in [5, 5.41) is 7.33. The molecule has 1 N–H and O–H groups in total. The SMILES string of the molecule is CCCn1nc2n(c1=O)CCC(NC(=O)COc1ccc(F)cc1)CC2. The summed E-state index contributed by atoms with van der Waals surface area (Å²) in [7, 11) is 0. The average molecular weight is 362 g/mol. The molecule has 1 aromatic heterocycles. The van der Waals surface area contributed by atoms with Crippen molar-refractivity contribution in [1.82, 2.24) is 19.7 Å². The Labute approximate surface area is 150 Å². The fourth-order valence-corrected chi connectivity index (χ4v) is 3.08. The summed E-state index contributed by atoms with van der Waals surface area (Å²) < 4.78 is 21.4. The van der Waals surface area contributed by atoms with Gasteiger partial charge in [0.1, 0.15) is 17.4 Å². The van der Waals surface area contributed by atoms with Crippen LogP contribution < -0.4 is 15.7 Å². The zero-order valence-electron chi connectivity index (χ0n) is 14.8. The number of rotatable bonds is 6. The molecule has 2 aromatic rings. The first kappa shape index (κ1) is 18.2. The largest absolute Gasteiger partial charge is 0.484 e. The molecule has 1 aliphatic heterocycles. The quantitative estimate of drug-likeness (QED) is 0.845. The lowest BCUT2D eigenvalue weighted by atomic mass is 10.1. The first-order chi connectivity index (χ1) is 12.6. The Morgan fingerprint density at radius 1 is 1.35 bits per heavy atom. The number of nitrogens with zero attached hydrogens (tertiary/aromatic N) is 3. The summed E-state index contributed by atoms with van der Waals surface area (Å²) in [6, 6.07) is 5.50. The standard InChI is InChI=1S/C18H23FN4O3/c1-2-10-23-18(25)22-11-9-14(5-8-16(22)21-23)20-17(24)12-26-15-6-3-13(19)4-7-15/h3-4,6-7,14H,2,5,8-12H2,1H3,(H,20,24). The van der Waals surface area contributed by atoms with Gasteiger partial charge >= 0.3 is 5.69 Å². The van der Waals surface area contributed by atoms with Gasteiger partial charge in [0.25, 0.3) is 5.91 Å². The minimum absolute atomic E-state index is 0.0277. The molecular weight excluding hydrogens is 339 g/mol. The van der Waals surface area contributed by atoms with E-state index in [0.717, 1.165) is 18.7 Å². The molecule has 0 saturated heterocycles. The monoisotopic (exact) mass is 362 g/mol. The first-order valence-electron chi connectivity index (χ1n) is 8.91. The number of benzene rings is 1. The Morgan fingerprint density at radius 2 is 2.12 bits per heavy atom. The highest BCUT2D eigenvalue weighted by Gasteiger charge is 2.22. The highest BCUT2D eigenvalue weighted by Crippen LogP contribution is 2.13. The minimum atomic E-state index is -0.351. The lowest BCUT2D eigenvalue weighted by Gasteiger charge is -2.16. The second kappa shape index (κ2) is 8.16. The van der Waals surface area contributed by atoms with Gasteiger partial charge in [-0.15, -0.1) is 0 Å². The molecule has 26 heavy (non-hydrogen) atoms. The van der Waals surface area contributed by atoms with Crippen LogP contribution in [0.3, 0.4) is 0 Å². The summed E-state index contributed by atoms with van der Waals surface area (Å²) in [6.07, 6.45) is 2.91. The van der Waals surface area contributed by atoms with Gasteiger partial charge in [-0.2, -0.15) is 5.10 Å².